The Balaban J connectivity index is 3.13. The van der Waals surface area contributed by atoms with Gasteiger partial charge in [-0.1, -0.05) is 96.8 Å². The van der Waals surface area contributed by atoms with Crippen molar-refractivity contribution in [3.8, 4) is 0 Å². The Bertz CT molecular complexity index is 348. The Morgan fingerprint density at radius 3 is 1.62 bits per heavy atom. The summed E-state index contributed by atoms with van der Waals surface area (Å²) >= 11 is 0. The molecular formula is C24H48O5. The minimum atomic E-state index is -1.16. The standard InChI is InChI=1S/C24H48O5/c1-3-18-22(25)19-16-14-12-10-8-6-4-5-7-9-11-13-15-17-20-29-21-23(26)24(27)28-2/h22-23,25-26H,3-21H2,1-2H3/t22-,23-/m0/s1. The minimum Gasteiger partial charge on any atom is -0.467 e. The van der Waals surface area contributed by atoms with Crippen molar-refractivity contribution in [2.75, 3.05) is 20.3 Å². The Kier molecular flexibility index (Phi) is 21.6. The number of carbonyl (C=O) groups is 1. The summed E-state index contributed by atoms with van der Waals surface area (Å²) in [5, 5.41) is 19.1. The summed E-state index contributed by atoms with van der Waals surface area (Å²) in [6.45, 7) is 2.74. The summed E-state index contributed by atoms with van der Waals surface area (Å²) in [6, 6.07) is 0. The number of ether oxygens (including phenoxy) is 2. The molecule has 0 aliphatic heterocycles. The molecule has 5 nitrogen and oxygen atoms in total. The van der Waals surface area contributed by atoms with E-state index in [2.05, 4.69) is 11.7 Å². The van der Waals surface area contributed by atoms with Gasteiger partial charge in [-0.2, -0.15) is 0 Å². The van der Waals surface area contributed by atoms with Gasteiger partial charge in [0.25, 0.3) is 0 Å². The van der Waals surface area contributed by atoms with Crippen LogP contribution in [-0.4, -0.2) is 48.7 Å². The maximum atomic E-state index is 11.0. The van der Waals surface area contributed by atoms with E-state index in [0.29, 0.717) is 6.61 Å². The molecule has 0 radical (unpaired) electrons. The molecule has 0 heterocycles. The Morgan fingerprint density at radius 2 is 1.17 bits per heavy atom. The van der Waals surface area contributed by atoms with Gasteiger partial charge < -0.3 is 19.7 Å². The lowest BCUT2D eigenvalue weighted by Crippen LogP contribution is -2.27. The SMILES string of the molecule is CCC[C@H](O)CCCCCCCCCCCCCCCCOC[C@H](O)C(=O)OC. The average Bonchev–Trinajstić information content (AvgIpc) is 2.72. The van der Waals surface area contributed by atoms with Crippen LogP contribution in [0.5, 0.6) is 0 Å². The first-order valence-corrected chi connectivity index (χ1v) is 12.1. The van der Waals surface area contributed by atoms with Crippen LogP contribution < -0.4 is 0 Å². The zero-order valence-electron chi connectivity index (χ0n) is 19.2. The van der Waals surface area contributed by atoms with Crippen molar-refractivity contribution < 1.29 is 24.5 Å². The first kappa shape index (κ1) is 28.4. The van der Waals surface area contributed by atoms with Crippen molar-refractivity contribution >= 4 is 5.97 Å². The van der Waals surface area contributed by atoms with Gasteiger partial charge in [-0.05, 0) is 19.3 Å². The summed E-state index contributed by atoms with van der Waals surface area (Å²) in [6.07, 6.45) is 19.7. The number of hydrogen-bond donors (Lipinski definition) is 2. The van der Waals surface area contributed by atoms with Gasteiger partial charge in [0.05, 0.1) is 19.8 Å². The molecular weight excluding hydrogens is 368 g/mol. The van der Waals surface area contributed by atoms with Crippen LogP contribution in [-0.2, 0) is 14.3 Å². The van der Waals surface area contributed by atoms with Crippen LogP contribution in [0, 0.1) is 0 Å². The molecule has 29 heavy (non-hydrogen) atoms. The zero-order valence-corrected chi connectivity index (χ0v) is 19.2. The van der Waals surface area contributed by atoms with E-state index < -0.39 is 12.1 Å². The lowest BCUT2D eigenvalue weighted by Gasteiger charge is -2.09. The molecule has 0 fully saturated rings. The molecule has 5 heteroatoms. The number of methoxy groups -OCH3 is 1. The summed E-state index contributed by atoms with van der Waals surface area (Å²) in [7, 11) is 1.26. The monoisotopic (exact) mass is 416 g/mol. The molecule has 0 aromatic rings. The summed E-state index contributed by atoms with van der Waals surface area (Å²) < 4.78 is 9.72. The molecule has 0 aromatic heterocycles. The summed E-state index contributed by atoms with van der Waals surface area (Å²) in [4.78, 5) is 11.0. The second kappa shape index (κ2) is 22.0. The van der Waals surface area contributed by atoms with Gasteiger partial charge >= 0.3 is 5.97 Å². The number of aliphatic hydroxyl groups is 2. The maximum Gasteiger partial charge on any atom is 0.337 e. The van der Waals surface area contributed by atoms with Crippen LogP contribution in [0.2, 0.25) is 0 Å². The van der Waals surface area contributed by atoms with E-state index in [0.717, 1.165) is 32.1 Å². The molecule has 2 N–H and O–H groups in total. The third-order valence-electron chi connectivity index (χ3n) is 5.45. The van der Waals surface area contributed by atoms with E-state index in [9.17, 15) is 15.0 Å². The average molecular weight is 417 g/mol. The molecule has 0 saturated carbocycles. The van der Waals surface area contributed by atoms with E-state index in [1.54, 1.807) is 0 Å². The van der Waals surface area contributed by atoms with Crippen LogP contribution in [0.3, 0.4) is 0 Å². The lowest BCUT2D eigenvalue weighted by molar-refractivity contribution is -0.153. The molecule has 174 valence electrons. The van der Waals surface area contributed by atoms with Crippen LogP contribution in [0.4, 0.5) is 0 Å². The second-order valence-electron chi connectivity index (χ2n) is 8.29. The predicted molar refractivity (Wildman–Crippen MR) is 119 cm³/mol. The minimum absolute atomic E-state index is 0.0226. The Labute approximate surface area is 179 Å². The normalized spacial score (nSPS) is 13.4. The highest BCUT2D eigenvalue weighted by Gasteiger charge is 2.14. The van der Waals surface area contributed by atoms with Gasteiger partial charge in [0.1, 0.15) is 0 Å². The molecule has 0 unspecified atom stereocenters. The Morgan fingerprint density at radius 1 is 0.724 bits per heavy atom. The van der Waals surface area contributed by atoms with E-state index in [4.69, 9.17) is 4.74 Å². The highest BCUT2D eigenvalue weighted by Crippen LogP contribution is 2.14. The van der Waals surface area contributed by atoms with E-state index in [-0.39, 0.29) is 12.7 Å². The quantitative estimate of drug-likeness (QED) is 0.179. The molecule has 0 aromatic carbocycles. The smallest absolute Gasteiger partial charge is 0.337 e. The second-order valence-corrected chi connectivity index (χ2v) is 8.29. The molecule has 0 spiro atoms. The fourth-order valence-electron chi connectivity index (χ4n) is 3.58. The highest BCUT2D eigenvalue weighted by atomic mass is 16.5. The van der Waals surface area contributed by atoms with Gasteiger partial charge in [0.2, 0.25) is 0 Å². The van der Waals surface area contributed by atoms with Crippen LogP contribution in [0.15, 0.2) is 0 Å². The van der Waals surface area contributed by atoms with Crippen molar-refractivity contribution in [1.29, 1.82) is 0 Å². The molecule has 0 bridgehead atoms. The summed E-state index contributed by atoms with van der Waals surface area (Å²) in [5.41, 5.74) is 0. The molecule has 0 aliphatic rings. The molecule has 0 amide bonds. The van der Waals surface area contributed by atoms with Gasteiger partial charge in [0.15, 0.2) is 6.10 Å². The molecule has 2 atom stereocenters. The van der Waals surface area contributed by atoms with Gasteiger partial charge in [-0.25, -0.2) is 4.79 Å². The van der Waals surface area contributed by atoms with Crippen LogP contribution in [0.1, 0.15) is 116 Å². The predicted octanol–water partition coefficient (Wildman–Crippen LogP) is 5.55. The van der Waals surface area contributed by atoms with Crippen molar-refractivity contribution in [3.63, 3.8) is 0 Å². The van der Waals surface area contributed by atoms with Crippen molar-refractivity contribution in [1.82, 2.24) is 0 Å². The lowest BCUT2D eigenvalue weighted by atomic mass is 10.0. The number of carbonyl (C=O) groups excluding carboxylic acids is 1. The number of rotatable bonds is 22. The van der Waals surface area contributed by atoms with Gasteiger partial charge in [-0.15, -0.1) is 0 Å². The van der Waals surface area contributed by atoms with E-state index >= 15 is 0 Å². The first-order valence-electron chi connectivity index (χ1n) is 12.1. The van der Waals surface area contributed by atoms with Crippen molar-refractivity contribution in [2.24, 2.45) is 0 Å². The number of esters is 1. The molecule has 0 saturated heterocycles. The topological polar surface area (TPSA) is 76.0 Å². The number of aliphatic hydroxyl groups excluding tert-OH is 2. The summed E-state index contributed by atoms with van der Waals surface area (Å²) in [5.74, 6) is -0.636. The van der Waals surface area contributed by atoms with Crippen molar-refractivity contribution in [3.05, 3.63) is 0 Å². The number of hydrogen-bond acceptors (Lipinski definition) is 5. The number of unbranched alkanes of at least 4 members (excludes halogenated alkanes) is 13. The largest absolute Gasteiger partial charge is 0.467 e. The third-order valence-corrected chi connectivity index (χ3v) is 5.45. The van der Waals surface area contributed by atoms with Crippen LogP contribution in [0.25, 0.3) is 0 Å². The first-order chi connectivity index (χ1) is 14.1. The molecule has 0 aliphatic carbocycles. The van der Waals surface area contributed by atoms with Crippen molar-refractivity contribution in [2.45, 2.75) is 128 Å². The van der Waals surface area contributed by atoms with Gasteiger partial charge in [0, 0.05) is 6.61 Å². The van der Waals surface area contributed by atoms with E-state index in [1.807, 2.05) is 0 Å². The van der Waals surface area contributed by atoms with E-state index in [1.165, 1.54) is 84.2 Å². The maximum absolute atomic E-state index is 11.0. The van der Waals surface area contributed by atoms with Gasteiger partial charge in [-0.3, -0.25) is 0 Å². The third kappa shape index (κ3) is 20.4. The fourth-order valence-corrected chi connectivity index (χ4v) is 3.58. The molecule has 0 rings (SSSR count). The fraction of sp³-hybridized carbons (Fsp3) is 0.958. The highest BCUT2D eigenvalue weighted by molar-refractivity contribution is 5.74. The Hall–Kier alpha value is -0.650. The zero-order chi connectivity index (χ0) is 21.6. The van der Waals surface area contributed by atoms with Crippen LogP contribution >= 0.6 is 0 Å².